The molecule has 0 radical (unpaired) electrons. The second kappa shape index (κ2) is 12.6. The van der Waals surface area contributed by atoms with E-state index in [-0.39, 0.29) is 17.1 Å². The number of hydrogen-bond donors (Lipinski definition) is 0. The lowest BCUT2D eigenvalue weighted by Gasteiger charge is -2.15. The maximum absolute atomic E-state index is 12.6. The zero-order valence-electron chi connectivity index (χ0n) is 16.4. The van der Waals surface area contributed by atoms with Crippen molar-refractivity contribution in [1.82, 2.24) is 0 Å². The second-order valence-electron chi connectivity index (χ2n) is 7.29. The number of nitrogens with zero attached hydrogens (tertiary/aromatic N) is 1. The highest BCUT2D eigenvalue weighted by Gasteiger charge is 2.39. The van der Waals surface area contributed by atoms with E-state index in [9.17, 15) is 9.59 Å². The number of unbranched alkanes of at least 4 members (excludes halogenated alkanes) is 9. The minimum Gasteiger partial charge on any atom is -0.274 e. The third-order valence-corrected chi connectivity index (χ3v) is 6.83. The first-order valence-electron chi connectivity index (χ1n) is 10.4. The molecule has 0 N–H and O–H groups in total. The lowest BCUT2D eigenvalue weighted by molar-refractivity contribution is -0.121. The smallest absolute Gasteiger partial charge is 0.247 e. The Morgan fingerprint density at radius 3 is 2.07 bits per heavy atom. The van der Waals surface area contributed by atoms with E-state index in [2.05, 4.69) is 22.9 Å². The third-order valence-electron chi connectivity index (χ3n) is 5.01. The Hall–Kier alpha value is -0.810. The van der Waals surface area contributed by atoms with Crippen LogP contribution in [0.1, 0.15) is 77.6 Å². The Balaban J connectivity index is 1.58. The molecule has 1 fully saturated rings. The summed E-state index contributed by atoms with van der Waals surface area (Å²) in [6, 6.07) is 7.35. The largest absolute Gasteiger partial charge is 0.274 e. The predicted octanol–water partition coefficient (Wildman–Crippen LogP) is 6.74. The van der Waals surface area contributed by atoms with Gasteiger partial charge in [-0.15, -0.1) is 11.8 Å². The van der Waals surface area contributed by atoms with Gasteiger partial charge >= 0.3 is 0 Å². The van der Waals surface area contributed by atoms with Crippen LogP contribution < -0.4 is 4.90 Å². The summed E-state index contributed by atoms with van der Waals surface area (Å²) < 4.78 is 0.942. The number of imide groups is 1. The van der Waals surface area contributed by atoms with E-state index in [0.717, 1.165) is 16.6 Å². The average Bonchev–Trinajstić information content (AvgIpc) is 2.94. The number of carbonyl (C=O) groups excluding carboxylic acids is 2. The van der Waals surface area contributed by atoms with E-state index >= 15 is 0 Å². The summed E-state index contributed by atoms with van der Waals surface area (Å²) in [7, 11) is 0. The molecule has 1 heterocycles. The number of carbonyl (C=O) groups is 2. The van der Waals surface area contributed by atoms with Crippen LogP contribution in [0.25, 0.3) is 0 Å². The lowest BCUT2D eigenvalue weighted by atomic mass is 10.1. The van der Waals surface area contributed by atoms with Crippen molar-refractivity contribution in [2.75, 3.05) is 10.7 Å². The normalized spacial score (nSPS) is 17.1. The van der Waals surface area contributed by atoms with Gasteiger partial charge in [-0.05, 0) is 36.4 Å². The van der Waals surface area contributed by atoms with E-state index < -0.39 is 0 Å². The number of benzene rings is 1. The molecule has 1 aliphatic heterocycles. The van der Waals surface area contributed by atoms with Gasteiger partial charge in [0.1, 0.15) is 0 Å². The molecule has 3 nitrogen and oxygen atoms in total. The van der Waals surface area contributed by atoms with Gasteiger partial charge in [0, 0.05) is 10.9 Å². The number of amides is 2. The predicted molar refractivity (Wildman–Crippen MR) is 119 cm³/mol. The molecule has 1 aliphatic rings. The van der Waals surface area contributed by atoms with E-state index in [1.54, 1.807) is 11.8 Å². The Morgan fingerprint density at radius 2 is 1.48 bits per heavy atom. The highest BCUT2D eigenvalue weighted by Crippen LogP contribution is 2.31. The highest BCUT2D eigenvalue weighted by atomic mass is 79.9. The van der Waals surface area contributed by atoms with Gasteiger partial charge in [-0.3, -0.25) is 9.59 Å². The van der Waals surface area contributed by atoms with Gasteiger partial charge < -0.3 is 0 Å². The van der Waals surface area contributed by atoms with Crippen molar-refractivity contribution in [3.63, 3.8) is 0 Å². The Labute approximate surface area is 176 Å². The molecular weight excluding hydrogens is 422 g/mol. The Morgan fingerprint density at radius 1 is 0.926 bits per heavy atom. The summed E-state index contributed by atoms with van der Waals surface area (Å²) in [6.45, 7) is 2.26. The Kier molecular flexibility index (Phi) is 10.5. The zero-order valence-corrected chi connectivity index (χ0v) is 18.8. The molecule has 5 heteroatoms. The molecule has 150 valence electrons. The average molecular weight is 454 g/mol. The van der Waals surface area contributed by atoms with Crippen molar-refractivity contribution in [2.24, 2.45) is 0 Å². The number of anilines is 1. The van der Waals surface area contributed by atoms with Crippen molar-refractivity contribution < 1.29 is 9.59 Å². The number of thioether (sulfide) groups is 1. The highest BCUT2D eigenvalue weighted by molar-refractivity contribution is 9.10. The van der Waals surface area contributed by atoms with Gasteiger partial charge in [0.25, 0.3) is 0 Å². The quantitative estimate of drug-likeness (QED) is 0.245. The van der Waals surface area contributed by atoms with Crippen molar-refractivity contribution in [3.8, 4) is 0 Å². The minimum atomic E-state index is -0.209. The molecule has 0 spiro atoms. The summed E-state index contributed by atoms with van der Waals surface area (Å²) in [6.07, 6.45) is 13.5. The fourth-order valence-corrected chi connectivity index (χ4v) is 4.84. The molecule has 0 bridgehead atoms. The summed E-state index contributed by atoms with van der Waals surface area (Å²) in [5.41, 5.74) is 0.676. The van der Waals surface area contributed by atoms with Crippen LogP contribution in [-0.2, 0) is 9.59 Å². The van der Waals surface area contributed by atoms with Crippen molar-refractivity contribution in [1.29, 1.82) is 0 Å². The molecule has 0 aromatic heterocycles. The standard InChI is InChI=1S/C22H32BrNO2S/c1-2-3-4-5-6-7-8-9-10-11-16-27-20-17-21(25)24(22(20)26)19-14-12-18(23)13-15-19/h12-15,20H,2-11,16-17H2,1H3. The molecule has 1 saturated heterocycles. The van der Waals surface area contributed by atoms with Crippen molar-refractivity contribution >= 4 is 45.2 Å². The summed E-state index contributed by atoms with van der Waals surface area (Å²) in [4.78, 5) is 26.2. The van der Waals surface area contributed by atoms with E-state index in [1.807, 2.05) is 24.3 Å². The third kappa shape index (κ3) is 7.61. The molecule has 0 aliphatic carbocycles. The van der Waals surface area contributed by atoms with Crippen LogP contribution in [0.15, 0.2) is 28.7 Å². The van der Waals surface area contributed by atoms with Crippen LogP contribution in [0.5, 0.6) is 0 Å². The van der Waals surface area contributed by atoms with E-state index in [4.69, 9.17) is 0 Å². The van der Waals surface area contributed by atoms with E-state index in [0.29, 0.717) is 12.1 Å². The fraction of sp³-hybridized carbons (Fsp3) is 0.636. The van der Waals surface area contributed by atoms with Crippen molar-refractivity contribution in [3.05, 3.63) is 28.7 Å². The van der Waals surface area contributed by atoms with Gasteiger partial charge in [-0.25, -0.2) is 4.90 Å². The fourth-order valence-electron chi connectivity index (χ4n) is 3.41. The first-order valence-corrected chi connectivity index (χ1v) is 12.2. The molecule has 1 aromatic carbocycles. The lowest BCUT2D eigenvalue weighted by Crippen LogP contribution is -2.31. The maximum Gasteiger partial charge on any atom is 0.247 e. The second-order valence-corrected chi connectivity index (χ2v) is 9.52. The number of halogens is 1. The molecule has 27 heavy (non-hydrogen) atoms. The summed E-state index contributed by atoms with van der Waals surface area (Å²) >= 11 is 5.04. The molecule has 1 atom stereocenters. The monoisotopic (exact) mass is 453 g/mol. The van der Waals surface area contributed by atoms with Gasteiger partial charge in [0.05, 0.1) is 10.9 Å². The first-order chi connectivity index (χ1) is 13.1. The van der Waals surface area contributed by atoms with Gasteiger partial charge in [-0.1, -0.05) is 80.6 Å². The molecule has 0 saturated carbocycles. The SMILES string of the molecule is CCCCCCCCCCCCSC1CC(=O)N(c2ccc(Br)cc2)C1=O. The summed E-state index contributed by atoms with van der Waals surface area (Å²) in [5, 5.41) is -0.209. The van der Waals surface area contributed by atoms with Crippen LogP contribution >= 0.6 is 27.7 Å². The zero-order chi connectivity index (χ0) is 19.5. The molecule has 2 amide bonds. The van der Waals surface area contributed by atoms with Crippen LogP contribution in [0.2, 0.25) is 0 Å². The van der Waals surface area contributed by atoms with Crippen LogP contribution in [0.3, 0.4) is 0 Å². The van der Waals surface area contributed by atoms with Gasteiger partial charge in [0.2, 0.25) is 11.8 Å². The van der Waals surface area contributed by atoms with Gasteiger partial charge in [0.15, 0.2) is 0 Å². The summed E-state index contributed by atoms with van der Waals surface area (Å²) in [5.74, 6) is 0.830. The topological polar surface area (TPSA) is 37.4 Å². The minimum absolute atomic E-state index is 0.0561. The van der Waals surface area contributed by atoms with Crippen LogP contribution in [-0.4, -0.2) is 22.8 Å². The maximum atomic E-state index is 12.6. The molecule has 2 rings (SSSR count). The van der Waals surface area contributed by atoms with Crippen molar-refractivity contribution in [2.45, 2.75) is 82.8 Å². The Bertz CT molecular complexity index is 590. The first kappa shape index (κ1) is 22.5. The van der Waals surface area contributed by atoms with Crippen LogP contribution in [0.4, 0.5) is 5.69 Å². The number of rotatable bonds is 13. The molecule has 1 unspecified atom stereocenters. The van der Waals surface area contributed by atoms with Crippen LogP contribution in [0, 0.1) is 0 Å². The van der Waals surface area contributed by atoms with E-state index in [1.165, 1.54) is 62.7 Å². The molecular formula is C22H32BrNO2S. The number of hydrogen-bond acceptors (Lipinski definition) is 3. The van der Waals surface area contributed by atoms with Gasteiger partial charge in [-0.2, -0.15) is 0 Å². The molecule has 1 aromatic rings.